The molecule has 3 N–H and O–H groups in total. The van der Waals surface area contributed by atoms with Crippen molar-refractivity contribution in [1.82, 2.24) is 29.9 Å². The highest BCUT2D eigenvalue weighted by atomic mass is 32.1. The van der Waals surface area contributed by atoms with Crippen LogP contribution in [-0.2, 0) is 4.74 Å². The molecule has 10 heteroatoms. The molecule has 28 heavy (non-hydrogen) atoms. The molecule has 4 heterocycles. The molecule has 1 saturated heterocycles. The topological polar surface area (TPSA) is 106 Å². The first-order chi connectivity index (χ1) is 12.3. The Bertz CT molecular complexity index is 902. The Morgan fingerprint density at radius 1 is 1.25 bits per heavy atom. The lowest BCUT2D eigenvalue weighted by Crippen LogP contribution is -2.30. The Morgan fingerprint density at radius 3 is 2.71 bits per heavy atom. The fourth-order valence-corrected chi connectivity index (χ4v) is 3.04. The Hall–Kier alpha value is -2.33. The Labute approximate surface area is 172 Å². The molecule has 0 spiro atoms. The lowest BCUT2D eigenvalue weighted by atomic mass is 10.2. The minimum absolute atomic E-state index is 0. The number of hydrogen-bond donors (Lipinski definition) is 3. The largest absolute Gasteiger partial charge is 0.377 e. The number of aromatic nitrogens is 6. The molecule has 0 unspecified atom stereocenters. The molecule has 0 aromatic carbocycles. The summed E-state index contributed by atoms with van der Waals surface area (Å²) in [6, 6.07) is 2.67. The van der Waals surface area contributed by atoms with Crippen molar-refractivity contribution in [2.75, 3.05) is 23.8 Å². The van der Waals surface area contributed by atoms with Crippen LogP contribution in [0, 0.1) is 5.92 Å². The van der Waals surface area contributed by atoms with E-state index in [9.17, 15) is 0 Å². The van der Waals surface area contributed by atoms with Crippen LogP contribution < -0.4 is 10.6 Å². The Balaban J connectivity index is 0.000000934. The van der Waals surface area contributed by atoms with Crippen molar-refractivity contribution in [2.45, 2.75) is 46.7 Å². The summed E-state index contributed by atoms with van der Waals surface area (Å²) in [4.78, 5) is 12.3. The van der Waals surface area contributed by atoms with E-state index in [0.29, 0.717) is 31.0 Å². The maximum atomic E-state index is 5.19. The van der Waals surface area contributed by atoms with Gasteiger partial charge in [-0.15, -0.1) is 5.10 Å². The number of nitrogens with one attached hydrogen (secondary N) is 3. The quantitative estimate of drug-likeness (QED) is 0.575. The zero-order valence-corrected chi connectivity index (χ0v) is 15.4. The summed E-state index contributed by atoms with van der Waals surface area (Å²) in [6.07, 6.45) is 6.31. The second-order valence-electron chi connectivity index (χ2n) is 6.81. The van der Waals surface area contributed by atoms with Gasteiger partial charge in [-0.05, 0) is 31.7 Å². The van der Waals surface area contributed by atoms with E-state index in [1.807, 2.05) is 23.1 Å². The van der Waals surface area contributed by atoms with E-state index in [-0.39, 0.29) is 34.4 Å². The zero-order valence-electron chi connectivity index (χ0n) is 14.4. The van der Waals surface area contributed by atoms with Crippen LogP contribution in [0.1, 0.15) is 40.7 Å². The molecule has 154 valence electrons. The normalized spacial score (nSPS) is 16.9. The van der Waals surface area contributed by atoms with Crippen molar-refractivity contribution in [3.8, 4) is 0 Å². The molecule has 5 rings (SSSR count). The molecule has 1 aliphatic carbocycles. The zero-order chi connectivity index (χ0) is 16.8. The molecule has 0 bridgehead atoms. The van der Waals surface area contributed by atoms with Crippen LogP contribution in [0.15, 0.2) is 18.5 Å². The van der Waals surface area contributed by atoms with E-state index >= 15 is 0 Å². The lowest BCUT2D eigenvalue weighted by Gasteiger charge is -2.25. The smallest absolute Gasteiger partial charge is 0.232 e. The van der Waals surface area contributed by atoms with E-state index in [1.165, 1.54) is 12.8 Å². The van der Waals surface area contributed by atoms with Crippen LogP contribution in [0.3, 0.4) is 0 Å². The summed E-state index contributed by atoms with van der Waals surface area (Å²) in [7, 11) is 0. The maximum Gasteiger partial charge on any atom is 0.232 e. The van der Waals surface area contributed by atoms with E-state index in [0.717, 1.165) is 22.8 Å². The molecular weight excluding hydrogens is 376 g/mol. The number of anilines is 3. The second kappa shape index (κ2) is 8.78. The van der Waals surface area contributed by atoms with Crippen LogP contribution in [-0.4, -0.2) is 49.2 Å². The van der Waals surface area contributed by atoms with Gasteiger partial charge in [-0.1, -0.05) is 20.1 Å². The number of ether oxygens (including phenoxy) is 1. The van der Waals surface area contributed by atoms with Gasteiger partial charge in [-0.3, -0.25) is 0 Å². The molecule has 2 fully saturated rings. The van der Waals surface area contributed by atoms with Gasteiger partial charge in [0.15, 0.2) is 5.82 Å². The van der Waals surface area contributed by atoms with Gasteiger partial charge < -0.3 is 20.4 Å². The van der Waals surface area contributed by atoms with Gasteiger partial charge in [0.1, 0.15) is 17.5 Å². The third-order valence-corrected chi connectivity index (χ3v) is 4.85. The molecule has 1 saturated carbocycles. The number of fused-ring (bicyclic) bond motifs is 1. The molecule has 2 aliphatic rings. The van der Waals surface area contributed by atoms with Gasteiger partial charge in [-0.25, -0.2) is 4.68 Å². The first-order valence-corrected chi connectivity index (χ1v) is 8.64. The highest BCUT2D eigenvalue weighted by molar-refractivity contribution is 7.59. The number of nitrogens with zero attached hydrogens (tertiary/aromatic N) is 5. The van der Waals surface area contributed by atoms with Gasteiger partial charge in [0.05, 0.1) is 24.8 Å². The van der Waals surface area contributed by atoms with Crippen molar-refractivity contribution < 1.29 is 4.74 Å². The SMILES string of the molecule is C.C.C[C@H](Nc1nc(Nc2cn(C3COC3)nn2)nc2[nH]ccc12)C1CC1.S. The first-order valence-electron chi connectivity index (χ1n) is 8.64. The Morgan fingerprint density at radius 2 is 2.04 bits per heavy atom. The van der Waals surface area contributed by atoms with Crippen molar-refractivity contribution in [1.29, 1.82) is 0 Å². The first kappa shape index (κ1) is 22.0. The lowest BCUT2D eigenvalue weighted by molar-refractivity contribution is -0.0293. The van der Waals surface area contributed by atoms with Crippen LogP contribution in [0.5, 0.6) is 0 Å². The van der Waals surface area contributed by atoms with E-state index < -0.39 is 0 Å². The van der Waals surface area contributed by atoms with Crippen molar-refractivity contribution in [2.24, 2.45) is 5.92 Å². The van der Waals surface area contributed by atoms with Crippen molar-refractivity contribution >= 4 is 42.1 Å². The summed E-state index contributed by atoms with van der Waals surface area (Å²) in [5.74, 6) is 2.70. The van der Waals surface area contributed by atoms with Gasteiger partial charge >= 0.3 is 0 Å². The van der Waals surface area contributed by atoms with E-state index in [2.05, 4.69) is 42.8 Å². The predicted molar refractivity (Wildman–Crippen MR) is 117 cm³/mol. The highest BCUT2D eigenvalue weighted by Gasteiger charge is 2.28. The molecule has 1 atom stereocenters. The fraction of sp³-hybridized carbons (Fsp3) is 0.556. The average molecular weight is 407 g/mol. The van der Waals surface area contributed by atoms with Crippen molar-refractivity contribution in [3.63, 3.8) is 0 Å². The van der Waals surface area contributed by atoms with E-state index in [4.69, 9.17) is 4.74 Å². The molecule has 3 aromatic rings. The monoisotopic (exact) mass is 406 g/mol. The van der Waals surface area contributed by atoms with Gasteiger partial charge in [0.25, 0.3) is 0 Å². The summed E-state index contributed by atoms with van der Waals surface area (Å²) < 4.78 is 7.00. The van der Waals surface area contributed by atoms with E-state index in [1.54, 1.807) is 0 Å². The average Bonchev–Trinajstić information content (AvgIpc) is 3.13. The summed E-state index contributed by atoms with van der Waals surface area (Å²) >= 11 is 0. The molecular formula is C18H30N8OS. The number of hydrogen-bond acceptors (Lipinski definition) is 7. The minimum Gasteiger partial charge on any atom is -0.377 e. The highest BCUT2D eigenvalue weighted by Crippen LogP contribution is 2.34. The Kier molecular flexibility index (Phi) is 6.89. The molecule has 0 amide bonds. The standard InChI is InChI=1S/C16H20N8O.2CH4.H2S/c1-9(10-2-3-10)18-15-12-4-5-17-14(12)20-16(21-15)19-13-6-24(23-22-13)11-7-25-8-11;;;/h4-6,9-11H,2-3,7-8H2,1H3,(H3,17,18,19,20,21);2*1H4;1H2/t9-;;;/m0.../s1. The van der Waals surface area contributed by atoms with Crippen molar-refractivity contribution in [3.05, 3.63) is 18.5 Å². The van der Waals surface area contributed by atoms with Gasteiger partial charge in [0, 0.05) is 12.2 Å². The summed E-state index contributed by atoms with van der Waals surface area (Å²) in [6.45, 7) is 3.57. The minimum atomic E-state index is 0. The number of rotatable bonds is 6. The molecule has 3 aromatic heterocycles. The summed E-state index contributed by atoms with van der Waals surface area (Å²) in [5, 5.41) is 16.0. The van der Waals surface area contributed by atoms with Gasteiger partial charge in [-0.2, -0.15) is 23.5 Å². The number of aromatic amines is 1. The number of H-pyrrole nitrogens is 1. The van der Waals surface area contributed by atoms with Gasteiger partial charge in [0.2, 0.25) is 5.95 Å². The third-order valence-electron chi connectivity index (χ3n) is 4.85. The predicted octanol–water partition coefficient (Wildman–Crippen LogP) is 3.46. The molecule has 0 radical (unpaired) electrons. The van der Waals surface area contributed by atoms with Crippen LogP contribution >= 0.6 is 13.5 Å². The third kappa shape index (κ3) is 4.22. The molecule has 9 nitrogen and oxygen atoms in total. The molecule has 1 aliphatic heterocycles. The maximum absolute atomic E-state index is 5.19. The fourth-order valence-electron chi connectivity index (χ4n) is 3.04. The van der Waals surface area contributed by atoms with Crippen LogP contribution in [0.25, 0.3) is 11.0 Å². The summed E-state index contributed by atoms with van der Waals surface area (Å²) in [5.41, 5.74) is 0.794. The second-order valence-corrected chi connectivity index (χ2v) is 6.81. The van der Waals surface area contributed by atoms with Crippen LogP contribution in [0.2, 0.25) is 0 Å². The van der Waals surface area contributed by atoms with Crippen LogP contribution in [0.4, 0.5) is 17.6 Å².